The van der Waals surface area contributed by atoms with Crippen LogP contribution in [0, 0.1) is 0 Å². The van der Waals surface area contributed by atoms with Crippen LogP contribution in [0.5, 0.6) is 5.75 Å². The first-order chi connectivity index (χ1) is 6.24. The van der Waals surface area contributed by atoms with Crippen molar-refractivity contribution in [2.75, 3.05) is 6.07 Å². The molecule has 0 fully saturated rings. The van der Waals surface area contributed by atoms with Crippen molar-refractivity contribution in [2.24, 2.45) is 0 Å². The van der Waals surface area contributed by atoms with Crippen molar-refractivity contribution in [2.45, 2.75) is 0 Å². The molecular formula is C8H6Cl2O3. The zero-order valence-corrected chi connectivity index (χ0v) is 8.01. The Morgan fingerprint density at radius 1 is 1.38 bits per heavy atom. The van der Waals surface area contributed by atoms with E-state index >= 15 is 0 Å². The lowest BCUT2D eigenvalue weighted by Crippen LogP contribution is -2.09. The predicted molar refractivity (Wildman–Crippen MR) is 49.3 cm³/mol. The highest BCUT2D eigenvalue weighted by atomic mass is 35.5. The van der Waals surface area contributed by atoms with E-state index in [0.717, 1.165) is 0 Å². The van der Waals surface area contributed by atoms with Crippen LogP contribution in [0.15, 0.2) is 24.3 Å². The van der Waals surface area contributed by atoms with Gasteiger partial charge in [-0.15, -0.1) is 0 Å². The summed E-state index contributed by atoms with van der Waals surface area (Å²) in [6, 6.07) is 6.32. The molecule has 13 heavy (non-hydrogen) atoms. The van der Waals surface area contributed by atoms with Crippen LogP contribution in [0.2, 0.25) is 5.02 Å². The van der Waals surface area contributed by atoms with Gasteiger partial charge in [-0.25, -0.2) is 4.79 Å². The van der Waals surface area contributed by atoms with Crippen LogP contribution in [0.3, 0.4) is 0 Å². The molecular weight excluding hydrogens is 215 g/mol. The zero-order chi connectivity index (χ0) is 9.68. The fourth-order valence-corrected chi connectivity index (χ4v) is 0.955. The first kappa shape index (κ1) is 10.2. The molecule has 0 aromatic heterocycles. The summed E-state index contributed by atoms with van der Waals surface area (Å²) in [6.07, 6.45) is -0.872. The highest BCUT2D eigenvalue weighted by molar-refractivity contribution is 6.32. The SMILES string of the molecule is O=C(OCCl)Oc1ccccc1Cl. The summed E-state index contributed by atoms with van der Waals surface area (Å²) < 4.78 is 9.05. The van der Waals surface area contributed by atoms with Crippen molar-refractivity contribution in [3.8, 4) is 5.75 Å². The number of ether oxygens (including phenoxy) is 2. The second-order valence-electron chi connectivity index (χ2n) is 2.04. The van der Waals surface area contributed by atoms with Gasteiger partial charge in [0.2, 0.25) is 0 Å². The number of rotatable bonds is 2. The topological polar surface area (TPSA) is 35.5 Å². The molecule has 0 saturated carbocycles. The molecule has 5 heteroatoms. The third-order valence-electron chi connectivity index (χ3n) is 1.20. The second-order valence-corrected chi connectivity index (χ2v) is 2.66. The van der Waals surface area contributed by atoms with Gasteiger partial charge in [0.25, 0.3) is 0 Å². The van der Waals surface area contributed by atoms with Gasteiger partial charge < -0.3 is 9.47 Å². The Balaban J connectivity index is 2.63. The largest absolute Gasteiger partial charge is 0.515 e. The van der Waals surface area contributed by atoms with E-state index in [4.69, 9.17) is 27.9 Å². The van der Waals surface area contributed by atoms with E-state index in [2.05, 4.69) is 4.74 Å². The summed E-state index contributed by atoms with van der Waals surface area (Å²) in [6.45, 7) is 0. The maximum absolute atomic E-state index is 10.8. The molecule has 0 bridgehead atoms. The van der Waals surface area contributed by atoms with Gasteiger partial charge in [-0.3, -0.25) is 0 Å². The molecule has 0 saturated heterocycles. The fourth-order valence-electron chi connectivity index (χ4n) is 0.691. The number of carbonyl (C=O) groups excluding carboxylic acids is 1. The van der Waals surface area contributed by atoms with E-state index in [0.29, 0.717) is 5.02 Å². The van der Waals surface area contributed by atoms with Gasteiger partial charge in [0.1, 0.15) is 0 Å². The molecule has 0 spiro atoms. The van der Waals surface area contributed by atoms with Crippen LogP contribution < -0.4 is 4.74 Å². The lowest BCUT2D eigenvalue weighted by atomic mass is 10.3. The number of benzene rings is 1. The van der Waals surface area contributed by atoms with Gasteiger partial charge in [-0.05, 0) is 12.1 Å². The Morgan fingerprint density at radius 3 is 2.69 bits per heavy atom. The van der Waals surface area contributed by atoms with Crippen molar-refractivity contribution in [1.82, 2.24) is 0 Å². The molecule has 0 aliphatic heterocycles. The molecule has 0 heterocycles. The van der Waals surface area contributed by atoms with Crippen LogP contribution in [0.25, 0.3) is 0 Å². The summed E-state index contributed by atoms with van der Waals surface area (Å²) in [4.78, 5) is 10.8. The van der Waals surface area contributed by atoms with E-state index in [1.165, 1.54) is 0 Å². The molecule has 0 atom stereocenters. The second kappa shape index (κ2) is 4.94. The van der Waals surface area contributed by atoms with E-state index in [-0.39, 0.29) is 11.8 Å². The molecule has 0 aliphatic rings. The molecule has 1 rings (SSSR count). The van der Waals surface area contributed by atoms with Crippen molar-refractivity contribution >= 4 is 29.4 Å². The summed E-state index contributed by atoms with van der Waals surface area (Å²) in [5.41, 5.74) is 0. The molecule has 1 aromatic carbocycles. The Bertz CT molecular complexity index is 301. The van der Waals surface area contributed by atoms with Gasteiger partial charge in [0, 0.05) is 0 Å². The first-order valence-corrected chi connectivity index (χ1v) is 4.30. The van der Waals surface area contributed by atoms with Crippen LogP contribution in [0.1, 0.15) is 0 Å². The number of carbonyl (C=O) groups is 1. The monoisotopic (exact) mass is 220 g/mol. The number of alkyl halides is 1. The molecule has 0 unspecified atom stereocenters. The highest BCUT2D eigenvalue weighted by Gasteiger charge is 2.07. The van der Waals surface area contributed by atoms with Gasteiger partial charge >= 0.3 is 6.16 Å². The summed E-state index contributed by atoms with van der Waals surface area (Å²) in [5.74, 6) is 0.249. The van der Waals surface area contributed by atoms with Gasteiger partial charge in [-0.2, -0.15) is 0 Å². The van der Waals surface area contributed by atoms with Crippen LogP contribution in [0.4, 0.5) is 4.79 Å². The average Bonchev–Trinajstić information content (AvgIpc) is 2.09. The van der Waals surface area contributed by atoms with Gasteiger partial charge in [-0.1, -0.05) is 35.3 Å². The van der Waals surface area contributed by atoms with E-state index in [1.54, 1.807) is 24.3 Å². The minimum atomic E-state index is -0.872. The molecule has 0 radical (unpaired) electrons. The van der Waals surface area contributed by atoms with Crippen molar-refractivity contribution < 1.29 is 14.3 Å². The van der Waals surface area contributed by atoms with Crippen LogP contribution >= 0.6 is 23.2 Å². The molecule has 1 aromatic rings. The van der Waals surface area contributed by atoms with Crippen LogP contribution in [-0.4, -0.2) is 12.2 Å². The third kappa shape index (κ3) is 3.13. The molecule has 3 nitrogen and oxygen atoms in total. The Labute approximate surface area is 85.2 Å². The van der Waals surface area contributed by atoms with Gasteiger partial charge in [0.15, 0.2) is 11.8 Å². The standard InChI is InChI=1S/C8H6Cl2O3/c9-5-12-8(11)13-7-4-2-1-3-6(7)10/h1-4H,5H2. The molecule has 0 aliphatic carbocycles. The van der Waals surface area contributed by atoms with E-state index in [1.807, 2.05) is 0 Å². The number of halogens is 2. The predicted octanol–water partition coefficient (Wildman–Crippen LogP) is 3.05. The Morgan fingerprint density at radius 2 is 2.08 bits per heavy atom. The van der Waals surface area contributed by atoms with Crippen LogP contribution in [-0.2, 0) is 4.74 Å². The average molecular weight is 221 g/mol. The minimum absolute atomic E-state index is 0.247. The minimum Gasteiger partial charge on any atom is -0.418 e. The number of hydrogen-bond acceptors (Lipinski definition) is 3. The van der Waals surface area contributed by atoms with E-state index < -0.39 is 6.16 Å². The summed E-state index contributed by atoms with van der Waals surface area (Å²) >= 11 is 10.8. The molecule has 0 amide bonds. The van der Waals surface area contributed by atoms with Crippen molar-refractivity contribution in [1.29, 1.82) is 0 Å². The Kier molecular flexibility index (Phi) is 3.86. The maximum atomic E-state index is 10.8. The normalized spacial score (nSPS) is 9.38. The Hall–Kier alpha value is -0.930. The first-order valence-electron chi connectivity index (χ1n) is 3.39. The van der Waals surface area contributed by atoms with Gasteiger partial charge in [0.05, 0.1) is 5.02 Å². The third-order valence-corrected chi connectivity index (χ3v) is 1.62. The fraction of sp³-hybridized carbons (Fsp3) is 0.125. The number of hydrogen-bond donors (Lipinski definition) is 0. The maximum Gasteiger partial charge on any atom is 0.515 e. The van der Waals surface area contributed by atoms with E-state index in [9.17, 15) is 4.79 Å². The van der Waals surface area contributed by atoms with Crippen molar-refractivity contribution in [3.05, 3.63) is 29.3 Å². The van der Waals surface area contributed by atoms with Crippen molar-refractivity contribution in [3.63, 3.8) is 0 Å². The number of para-hydroxylation sites is 1. The highest BCUT2D eigenvalue weighted by Crippen LogP contribution is 2.23. The summed E-state index contributed by atoms with van der Waals surface area (Å²) in [7, 11) is 0. The lowest BCUT2D eigenvalue weighted by molar-refractivity contribution is 0.115. The quantitative estimate of drug-likeness (QED) is 0.437. The summed E-state index contributed by atoms with van der Waals surface area (Å²) in [5, 5.41) is 0.342. The molecule has 70 valence electrons. The molecule has 0 N–H and O–H groups in total. The smallest absolute Gasteiger partial charge is 0.418 e. The lowest BCUT2D eigenvalue weighted by Gasteiger charge is -2.03. The zero-order valence-electron chi connectivity index (χ0n) is 6.50.